The summed E-state index contributed by atoms with van der Waals surface area (Å²) in [5.74, 6) is 0.641. The van der Waals surface area contributed by atoms with Crippen LogP contribution in [0.4, 0.5) is 4.39 Å². The fraction of sp³-hybridized carbons (Fsp3) is 0.368. The Morgan fingerprint density at radius 2 is 2.00 bits per heavy atom. The molecule has 1 saturated carbocycles. The number of hydrogen-bond acceptors (Lipinski definition) is 3. The van der Waals surface area contributed by atoms with E-state index in [9.17, 15) is 9.18 Å². The molecule has 1 aromatic heterocycles. The second kappa shape index (κ2) is 6.23. The zero-order chi connectivity index (χ0) is 16.5. The van der Waals surface area contributed by atoms with Gasteiger partial charge in [0.15, 0.2) is 0 Å². The van der Waals surface area contributed by atoms with Gasteiger partial charge in [0.1, 0.15) is 17.7 Å². The van der Waals surface area contributed by atoms with Crippen LogP contribution in [0.5, 0.6) is 5.75 Å². The van der Waals surface area contributed by atoms with E-state index in [2.05, 4.69) is 4.98 Å². The Morgan fingerprint density at radius 3 is 2.79 bits per heavy atom. The molecule has 2 heterocycles. The predicted molar refractivity (Wildman–Crippen MR) is 87.1 cm³/mol. The molecule has 0 bridgehead atoms. The van der Waals surface area contributed by atoms with Gasteiger partial charge in [0.25, 0.3) is 0 Å². The Bertz CT molecular complexity index is 737. The molecule has 2 fully saturated rings. The van der Waals surface area contributed by atoms with E-state index >= 15 is 0 Å². The van der Waals surface area contributed by atoms with Crippen LogP contribution in [-0.4, -0.2) is 35.0 Å². The lowest BCUT2D eigenvalue weighted by atomic mass is 10.1. The fourth-order valence-electron chi connectivity index (χ4n) is 3.46. The number of ether oxygens (including phenoxy) is 1. The second-order valence-electron chi connectivity index (χ2n) is 6.47. The van der Waals surface area contributed by atoms with Crippen molar-refractivity contribution in [3.05, 3.63) is 60.2 Å². The molecule has 4 nitrogen and oxygen atoms in total. The van der Waals surface area contributed by atoms with Crippen LogP contribution in [0.25, 0.3) is 0 Å². The van der Waals surface area contributed by atoms with E-state index in [0.717, 1.165) is 18.6 Å². The normalized spacial score (nSPS) is 25.5. The number of hydrogen-bond donors (Lipinski definition) is 0. The molecule has 0 N–H and O–H groups in total. The first-order valence-electron chi connectivity index (χ1n) is 8.32. The van der Waals surface area contributed by atoms with E-state index in [-0.39, 0.29) is 29.7 Å². The first-order valence-corrected chi connectivity index (χ1v) is 8.32. The maximum Gasteiger partial charge on any atom is 0.226 e. The molecule has 3 unspecified atom stereocenters. The Morgan fingerprint density at radius 1 is 1.21 bits per heavy atom. The molecule has 4 rings (SSSR count). The Balaban J connectivity index is 1.35. The summed E-state index contributed by atoms with van der Waals surface area (Å²) < 4.78 is 19.7. The van der Waals surface area contributed by atoms with Crippen molar-refractivity contribution in [2.75, 3.05) is 13.1 Å². The van der Waals surface area contributed by atoms with Gasteiger partial charge in [0, 0.05) is 31.3 Å². The van der Waals surface area contributed by atoms with Crippen molar-refractivity contribution in [2.45, 2.75) is 24.9 Å². The Labute approximate surface area is 140 Å². The van der Waals surface area contributed by atoms with Gasteiger partial charge in [0.05, 0.1) is 6.54 Å². The summed E-state index contributed by atoms with van der Waals surface area (Å²) in [7, 11) is 0. The largest absolute Gasteiger partial charge is 0.488 e. The summed E-state index contributed by atoms with van der Waals surface area (Å²) in [6.45, 7) is 1.30. The van der Waals surface area contributed by atoms with Crippen LogP contribution >= 0.6 is 0 Å². The quantitative estimate of drug-likeness (QED) is 0.867. The van der Waals surface area contributed by atoms with Crippen molar-refractivity contribution < 1.29 is 13.9 Å². The molecule has 1 aromatic carbocycles. The second-order valence-corrected chi connectivity index (χ2v) is 6.47. The molecule has 2 aromatic rings. The van der Waals surface area contributed by atoms with Crippen LogP contribution in [0.3, 0.4) is 0 Å². The average molecular weight is 326 g/mol. The number of rotatable bonds is 4. The monoisotopic (exact) mass is 326 g/mol. The van der Waals surface area contributed by atoms with Crippen LogP contribution < -0.4 is 4.74 Å². The highest BCUT2D eigenvalue weighted by atomic mass is 19.1. The minimum atomic E-state index is -0.210. The van der Waals surface area contributed by atoms with Crippen molar-refractivity contribution >= 4 is 5.91 Å². The van der Waals surface area contributed by atoms with Gasteiger partial charge in [-0.3, -0.25) is 9.78 Å². The summed E-state index contributed by atoms with van der Waals surface area (Å²) in [4.78, 5) is 18.5. The van der Waals surface area contributed by atoms with Crippen LogP contribution in [0.1, 0.15) is 24.3 Å². The van der Waals surface area contributed by atoms with Gasteiger partial charge in [-0.05, 0) is 36.1 Å². The van der Waals surface area contributed by atoms with Gasteiger partial charge in [-0.2, -0.15) is 0 Å². The van der Waals surface area contributed by atoms with Gasteiger partial charge in [-0.1, -0.05) is 18.2 Å². The lowest BCUT2D eigenvalue weighted by molar-refractivity contribution is -0.131. The molecule has 5 heteroatoms. The van der Waals surface area contributed by atoms with Crippen LogP contribution in [0.2, 0.25) is 0 Å². The third kappa shape index (κ3) is 2.98. The molecule has 0 radical (unpaired) electrons. The molecular formula is C19H19FN2O2. The molecule has 1 amide bonds. The molecule has 1 aliphatic heterocycles. The van der Waals surface area contributed by atoms with Crippen LogP contribution in [-0.2, 0) is 4.79 Å². The summed E-state index contributed by atoms with van der Waals surface area (Å²) in [5, 5.41) is 0. The van der Waals surface area contributed by atoms with Crippen molar-refractivity contribution in [3.8, 4) is 5.75 Å². The molecule has 2 aliphatic rings. The number of aromatic nitrogens is 1. The highest BCUT2D eigenvalue weighted by Crippen LogP contribution is 2.49. The number of likely N-dealkylation sites (tertiary alicyclic amines) is 1. The van der Waals surface area contributed by atoms with Crippen LogP contribution in [0.15, 0.2) is 48.8 Å². The number of carbonyl (C=O) groups is 1. The summed E-state index contributed by atoms with van der Waals surface area (Å²) in [6.07, 6.45) is 4.96. The van der Waals surface area contributed by atoms with Crippen molar-refractivity contribution in [1.29, 1.82) is 0 Å². The van der Waals surface area contributed by atoms with E-state index in [1.54, 1.807) is 24.5 Å². The number of benzene rings is 1. The van der Waals surface area contributed by atoms with E-state index in [1.165, 1.54) is 6.07 Å². The van der Waals surface area contributed by atoms with E-state index < -0.39 is 0 Å². The van der Waals surface area contributed by atoms with Crippen molar-refractivity contribution in [2.24, 2.45) is 5.92 Å². The number of nitrogens with zero attached hydrogens (tertiary/aromatic N) is 2. The topological polar surface area (TPSA) is 42.4 Å². The minimum Gasteiger partial charge on any atom is -0.488 e. The SMILES string of the molecule is O=C(C1CC1c1ccccc1F)N1CCC(Oc2ccncc2)C1. The van der Waals surface area contributed by atoms with Gasteiger partial charge in [-0.25, -0.2) is 4.39 Å². The van der Waals surface area contributed by atoms with Gasteiger partial charge in [-0.15, -0.1) is 0 Å². The first-order chi connectivity index (χ1) is 11.7. The maximum absolute atomic E-state index is 13.8. The van der Waals surface area contributed by atoms with E-state index in [1.807, 2.05) is 23.1 Å². The molecule has 1 aliphatic carbocycles. The molecule has 124 valence electrons. The van der Waals surface area contributed by atoms with Crippen molar-refractivity contribution in [3.63, 3.8) is 0 Å². The summed E-state index contributed by atoms with van der Waals surface area (Å²) in [5.41, 5.74) is 0.666. The number of pyridine rings is 1. The first kappa shape index (κ1) is 15.1. The summed E-state index contributed by atoms with van der Waals surface area (Å²) >= 11 is 0. The highest BCUT2D eigenvalue weighted by Gasteiger charge is 2.47. The minimum absolute atomic E-state index is 0.0158. The third-order valence-electron chi connectivity index (χ3n) is 4.82. The zero-order valence-electron chi connectivity index (χ0n) is 13.3. The smallest absolute Gasteiger partial charge is 0.226 e. The van der Waals surface area contributed by atoms with Gasteiger partial charge in [0.2, 0.25) is 5.91 Å². The molecule has 3 atom stereocenters. The molecular weight excluding hydrogens is 307 g/mol. The lowest BCUT2D eigenvalue weighted by Gasteiger charge is -2.17. The third-order valence-corrected chi connectivity index (χ3v) is 4.82. The number of amides is 1. The fourth-order valence-corrected chi connectivity index (χ4v) is 3.46. The van der Waals surface area contributed by atoms with Crippen molar-refractivity contribution in [1.82, 2.24) is 9.88 Å². The molecule has 24 heavy (non-hydrogen) atoms. The van der Waals surface area contributed by atoms with Gasteiger partial charge < -0.3 is 9.64 Å². The van der Waals surface area contributed by atoms with Crippen LogP contribution in [0, 0.1) is 11.7 Å². The molecule has 0 spiro atoms. The van der Waals surface area contributed by atoms with Gasteiger partial charge >= 0.3 is 0 Å². The maximum atomic E-state index is 13.8. The number of carbonyl (C=O) groups excluding carboxylic acids is 1. The molecule has 1 saturated heterocycles. The highest BCUT2D eigenvalue weighted by molar-refractivity contribution is 5.83. The standard InChI is InChI=1S/C19H19FN2O2/c20-18-4-2-1-3-15(18)16-11-17(16)19(23)22-10-7-14(12-22)24-13-5-8-21-9-6-13/h1-6,8-9,14,16-17H,7,10-12H2. The Kier molecular flexibility index (Phi) is 3.92. The predicted octanol–water partition coefficient (Wildman–Crippen LogP) is 3.00. The number of halogens is 1. The summed E-state index contributed by atoms with van der Waals surface area (Å²) in [6, 6.07) is 10.4. The lowest BCUT2D eigenvalue weighted by Crippen LogP contribution is -2.32. The zero-order valence-corrected chi connectivity index (χ0v) is 13.3. The van der Waals surface area contributed by atoms with E-state index in [0.29, 0.717) is 18.7 Å². The van der Waals surface area contributed by atoms with E-state index in [4.69, 9.17) is 4.74 Å². The Hall–Kier alpha value is -2.43. The average Bonchev–Trinajstić information content (AvgIpc) is 3.26.